The molecule has 0 spiro atoms. The molecular weight excluding hydrogens is 334 g/mol. The zero-order valence-corrected chi connectivity index (χ0v) is 14.3. The fourth-order valence-electron chi connectivity index (χ4n) is 2.47. The summed E-state index contributed by atoms with van der Waals surface area (Å²) in [6.45, 7) is 1.24. The van der Waals surface area contributed by atoms with Crippen LogP contribution in [0, 0.1) is 6.92 Å². The van der Waals surface area contributed by atoms with Crippen molar-refractivity contribution >= 4 is 17.6 Å². The van der Waals surface area contributed by atoms with Crippen molar-refractivity contribution in [2.75, 3.05) is 11.4 Å². The summed E-state index contributed by atoms with van der Waals surface area (Å²) in [5.74, 6) is -1.31. The summed E-state index contributed by atoms with van der Waals surface area (Å²) < 4.78 is 1.61. The van der Waals surface area contributed by atoms with Crippen LogP contribution in [0.4, 0.5) is 5.69 Å². The summed E-state index contributed by atoms with van der Waals surface area (Å²) in [4.78, 5) is 34.0. The van der Waals surface area contributed by atoms with Gasteiger partial charge in [0.25, 0.3) is 5.91 Å². The first-order chi connectivity index (χ1) is 12.5. The molecule has 0 aliphatic carbocycles. The normalized spacial score (nSPS) is 10.5. The number of aryl methyl sites for hydroxylation is 2. The van der Waals surface area contributed by atoms with Gasteiger partial charge in [0.15, 0.2) is 5.82 Å². The molecule has 0 saturated heterocycles. The van der Waals surface area contributed by atoms with Crippen LogP contribution < -0.4 is 4.90 Å². The average molecular weight is 351 g/mol. The van der Waals surface area contributed by atoms with Crippen LogP contribution >= 0.6 is 0 Å². The molecule has 0 aliphatic rings. The molecule has 0 fully saturated rings. The monoisotopic (exact) mass is 351 g/mol. The summed E-state index contributed by atoms with van der Waals surface area (Å²) in [5.41, 5.74) is 1.72. The largest absolute Gasteiger partial charge is 0.480 e. The fraction of sp³-hybridized carbons (Fsp3) is 0.167. The standard InChI is InChI=1S/C18H17N5O3/c1-12-10-19-17(14-8-9-22(2)21-14)20-16(12)18(26)23(11-15(24)25)13-6-4-3-5-7-13/h3-10H,11H2,1-2H3,(H,24,25). The number of hydrogen-bond acceptors (Lipinski definition) is 5. The quantitative estimate of drug-likeness (QED) is 0.753. The van der Waals surface area contributed by atoms with Crippen LogP contribution in [-0.4, -0.2) is 43.3 Å². The third kappa shape index (κ3) is 3.59. The molecular formula is C18H17N5O3. The Labute approximate surface area is 149 Å². The van der Waals surface area contributed by atoms with E-state index in [0.29, 0.717) is 22.8 Å². The number of benzene rings is 1. The molecule has 0 unspecified atom stereocenters. The van der Waals surface area contributed by atoms with E-state index in [2.05, 4.69) is 15.1 Å². The highest BCUT2D eigenvalue weighted by Gasteiger charge is 2.24. The van der Waals surface area contributed by atoms with Gasteiger partial charge in [0.2, 0.25) is 0 Å². The van der Waals surface area contributed by atoms with Crippen molar-refractivity contribution < 1.29 is 14.7 Å². The molecule has 1 N–H and O–H groups in total. The van der Waals surface area contributed by atoms with Crippen LogP contribution in [0.3, 0.4) is 0 Å². The Morgan fingerprint density at radius 1 is 1.19 bits per heavy atom. The van der Waals surface area contributed by atoms with Gasteiger partial charge < -0.3 is 5.11 Å². The van der Waals surface area contributed by atoms with Crippen molar-refractivity contribution in [3.8, 4) is 11.5 Å². The lowest BCUT2D eigenvalue weighted by Gasteiger charge is -2.21. The van der Waals surface area contributed by atoms with Gasteiger partial charge in [-0.15, -0.1) is 0 Å². The maximum Gasteiger partial charge on any atom is 0.323 e. The second-order valence-electron chi connectivity index (χ2n) is 5.72. The lowest BCUT2D eigenvalue weighted by atomic mass is 10.2. The zero-order chi connectivity index (χ0) is 18.7. The Hall–Kier alpha value is -3.55. The summed E-state index contributed by atoms with van der Waals surface area (Å²) in [7, 11) is 1.77. The number of anilines is 1. The van der Waals surface area contributed by atoms with Gasteiger partial charge in [-0.1, -0.05) is 18.2 Å². The molecule has 8 nitrogen and oxygen atoms in total. The van der Waals surface area contributed by atoms with Gasteiger partial charge in [-0.05, 0) is 30.7 Å². The minimum absolute atomic E-state index is 0.144. The van der Waals surface area contributed by atoms with Crippen LogP contribution in [0.2, 0.25) is 0 Å². The van der Waals surface area contributed by atoms with Crippen molar-refractivity contribution in [1.29, 1.82) is 0 Å². The molecule has 8 heteroatoms. The Bertz CT molecular complexity index is 952. The van der Waals surface area contributed by atoms with E-state index in [-0.39, 0.29) is 5.69 Å². The van der Waals surface area contributed by atoms with Gasteiger partial charge in [0.05, 0.1) is 0 Å². The third-order valence-electron chi connectivity index (χ3n) is 3.72. The predicted molar refractivity (Wildman–Crippen MR) is 94.7 cm³/mol. The van der Waals surface area contributed by atoms with E-state index in [1.165, 1.54) is 11.1 Å². The van der Waals surface area contributed by atoms with Crippen LogP contribution in [0.5, 0.6) is 0 Å². The number of carboxylic acid groups (broad SMARTS) is 1. The molecule has 1 amide bonds. The predicted octanol–water partition coefficient (Wildman–Crippen LogP) is 1.92. The molecule has 3 aromatic rings. The van der Waals surface area contributed by atoms with Gasteiger partial charge in [-0.3, -0.25) is 19.2 Å². The molecule has 0 bridgehead atoms. The van der Waals surface area contributed by atoms with Gasteiger partial charge in [0, 0.05) is 25.1 Å². The van der Waals surface area contributed by atoms with Crippen LogP contribution in [0.25, 0.3) is 11.5 Å². The highest BCUT2D eigenvalue weighted by molar-refractivity contribution is 6.07. The molecule has 132 valence electrons. The number of nitrogens with zero attached hydrogens (tertiary/aromatic N) is 5. The molecule has 0 atom stereocenters. The highest BCUT2D eigenvalue weighted by Crippen LogP contribution is 2.19. The first-order valence-electron chi connectivity index (χ1n) is 7.88. The van der Waals surface area contributed by atoms with E-state index in [4.69, 9.17) is 0 Å². The van der Waals surface area contributed by atoms with E-state index in [1.807, 2.05) is 0 Å². The fourth-order valence-corrected chi connectivity index (χ4v) is 2.47. The molecule has 2 heterocycles. The number of carbonyl (C=O) groups excluding carboxylic acids is 1. The van der Waals surface area contributed by atoms with E-state index >= 15 is 0 Å². The van der Waals surface area contributed by atoms with Gasteiger partial charge in [-0.2, -0.15) is 5.10 Å². The first kappa shape index (κ1) is 17.3. The summed E-state index contributed by atoms with van der Waals surface area (Å²) in [6, 6.07) is 10.4. The lowest BCUT2D eigenvalue weighted by molar-refractivity contribution is -0.135. The second kappa shape index (κ2) is 7.14. The number of hydrogen-bond donors (Lipinski definition) is 1. The van der Waals surface area contributed by atoms with Gasteiger partial charge >= 0.3 is 5.97 Å². The van der Waals surface area contributed by atoms with Crippen LogP contribution in [-0.2, 0) is 11.8 Å². The number of para-hydroxylation sites is 1. The molecule has 0 radical (unpaired) electrons. The molecule has 0 aliphatic heterocycles. The highest BCUT2D eigenvalue weighted by atomic mass is 16.4. The smallest absolute Gasteiger partial charge is 0.323 e. The Balaban J connectivity index is 2.02. The van der Waals surface area contributed by atoms with E-state index in [0.717, 1.165) is 0 Å². The lowest BCUT2D eigenvalue weighted by Crippen LogP contribution is -2.36. The van der Waals surface area contributed by atoms with E-state index in [9.17, 15) is 14.7 Å². The molecule has 2 aromatic heterocycles. The summed E-state index contributed by atoms with van der Waals surface area (Å²) in [6.07, 6.45) is 3.29. The minimum Gasteiger partial charge on any atom is -0.480 e. The molecule has 0 saturated carbocycles. The van der Waals surface area contributed by atoms with Crippen molar-refractivity contribution in [2.24, 2.45) is 7.05 Å². The van der Waals surface area contributed by atoms with Crippen molar-refractivity contribution in [3.05, 3.63) is 60.0 Å². The Morgan fingerprint density at radius 2 is 1.92 bits per heavy atom. The van der Waals surface area contributed by atoms with E-state index in [1.54, 1.807) is 61.2 Å². The van der Waals surface area contributed by atoms with E-state index < -0.39 is 18.4 Å². The topological polar surface area (TPSA) is 101 Å². The van der Waals surface area contributed by atoms with Gasteiger partial charge in [-0.25, -0.2) is 9.97 Å². The maximum atomic E-state index is 13.0. The number of aromatic nitrogens is 4. The Kier molecular flexibility index (Phi) is 4.74. The number of carboxylic acids is 1. The number of amides is 1. The number of aliphatic carboxylic acids is 1. The third-order valence-corrected chi connectivity index (χ3v) is 3.72. The summed E-state index contributed by atoms with van der Waals surface area (Å²) in [5, 5.41) is 13.4. The first-order valence-corrected chi connectivity index (χ1v) is 7.88. The number of rotatable bonds is 5. The molecule has 26 heavy (non-hydrogen) atoms. The summed E-state index contributed by atoms with van der Waals surface area (Å²) >= 11 is 0. The minimum atomic E-state index is -1.11. The van der Waals surface area contributed by atoms with Crippen molar-refractivity contribution in [1.82, 2.24) is 19.7 Å². The maximum absolute atomic E-state index is 13.0. The van der Waals surface area contributed by atoms with Crippen LogP contribution in [0.15, 0.2) is 48.8 Å². The van der Waals surface area contributed by atoms with Crippen molar-refractivity contribution in [2.45, 2.75) is 6.92 Å². The average Bonchev–Trinajstić information content (AvgIpc) is 3.06. The van der Waals surface area contributed by atoms with Crippen molar-refractivity contribution in [3.63, 3.8) is 0 Å². The number of carbonyl (C=O) groups is 2. The molecule has 1 aromatic carbocycles. The van der Waals surface area contributed by atoms with Crippen LogP contribution in [0.1, 0.15) is 16.1 Å². The SMILES string of the molecule is Cc1cnc(-c2ccn(C)n2)nc1C(=O)N(CC(=O)O)c1ccccc1. The van der Waals surface area contributed by atoms with Gasteiger partial charge in [0.1, 0.15) is 17.9 Å². The molecule has 3 rings (SSSR count). The Morgan fingerprint density at radius 3 is 2.54 bits per heavy atom. The second-order valence-corrected chi connectivity index (χ2v) is 5.72. The zero-order valence-electron chi connectivity index (χ0n) is 14.3.